The Morgan fingerprint density at radius 2 is 2.29 bits per heavy atom. The van der Waals surface area contributed by atoms with Crippen LogP contribution >= 0.6 is 12.2 Å². The van der Waals surface area contributed by atoms with Crippen LogP contribution in [0.25, 0.3) is 0 Å². The summed E-state index contributed by atoms with van der Waals surface area (Å²) in [5.41, 5.74) is 11.1. The number of rotatable bonds is 1. The average Bonchev–Trinajstić information content (AvgIpc) is 2.44. The van der Waals surface area contributed by atoms with Gasteiger partial charge in [0.2, 0.25) is 0 Å². The van der Waals surface area contributed by atoms with Gasteiger partial charge in [0.05, 0.1) is 11.8 Å². The highest BCUT2D eigenvalue weighted by atomic mass is 32.1. The Morgan fingerprint density at radius 1 is 1.64 bits per heavy atom. The zero-order valence-electron chi connectivity index (χ0n) is 7.87. The van der Waals surface area contributed by atoms with Gasteiger partial charge in [-0.3, -0.25) is 20.3 Å². The number of hydrazine groups is 1. The van der Waals surface area contributed by atoms with E-state index in [2.05, 4.69) is 28.2 Å². The van der Waals surface area contributed by atoms with Gasteiger partial charge in [-0.2, -0.15) is 5.10 Å². The zero-order chi connectivity index (χ0) is 10.7. The molecule has 0 spiro atoms. The highest BCUT2D eigenvalue weighted by Crippen LogP contribution is 2.04. The van der Waals surface area contributed by atoms with E-state index in [1.807, 2.05) is 0 Å². The molecule has 1 aromatic rings. The number of hydrogen-bond acceptors (Lipinski definition) is 3. The number of carbonyl (C=O) groups excluding carboxylic acids is 1. The van der Waals surface area contributed by atoms with Crippen LogP contribution in [0.3, 0.4) is 0 Å². The summed E-state index contributed by atoms with van der Waals surface area (Å²) in [6, 6.07) is 0. The van der Waals surface area contributed by atoms with Crippen molar-refractivity contribution in [1.29, 1.82) is 0 Å². The molecule has 14 heavy (non-hydrogen) atoms. The molecule has 0 aliphatic carbocycles. The second kappa shape index (κ2) is 4.05. The standard InChI is InChI=1S/C7H11N5OS/c1-4-5(3-9-12(4)2)6(13)10-11-7(8)14/h3H,1-2H3,(H,10,13)(H3,8,11,14). The fourth-order valence-electron chi connectivity index (χ4n) is 0.907. The van der Waals surface area contributed by atoms with Gasteiger partial charge in [-0.25, -0.2) is 0 Å². The summed E-state index contributed by atoms with van der Waals surface area (Å²) in [6.45, 7) is 1.79. The van der Waals surface area contributed by atoms with Gasteiger partial charge in [0, 0.05) is 12.7 Å². The summed E-state index contributed by atoms with van der Waals surface area (Å²) in [5, 5.41) is 3.94. The fourth-order valence-corrected chi connectivity index (χ4v) is 0.958. The summed E-state index contributed by atoms with van der Waals surface area (Å²) in [5.74, 6) is -0.316. The molecule has 6 nitrogen and oxygen atoms in total. The number of hydrogen-bond donors (Lipinski definition) is 3. The van der Waals surface area contributed by atoms with E-state index >= 15 is 0 Å². The van der Waals surface area contributed by atoms with E-state index in [-0.39, 0.29) is 11.0 Å². The topological polar surface area (TPSA) is 85.0 Å². The molecule has 0 saturated carbocycles. The van der Waals surface area contributed by atoms with Crippen molar-refractivity contribution >= 4 is 23.2 Å². The molecular weight excluding hydrogens is 202 g/mol. The maximum absolute atomic E-state index is 11.4. The number of aryl methyl sites for hydroxylation is 1. The number of nitrogens with zero attached hydrogens (tertiary/aromatic N) is 2. The summed E-state index contributed by atoms with van der Waals surface area (Å²) < 4.78 is 1.61. The molecule has 1 rings (SSSR count). The van der Waals surface area contributed by atoms with Crippen LogP contribution in [0.4, 0.5) is 0 Å². The summed E-state index contributed by atoms with van der Waals surface area (Å²) >= 11 is 4.53. The van der Waals surface area contributed by atoms with E-state index in [4.69, 9.17) is 5.73 Å². The third-order valence-electron chi connectivity index (χ3n) is 1.78. The largest absolute Gasteiger partial charge is 0.375 e. The molecule has 0 aromatic carbocycles. The lowest BCUT2D eigenvalue weighted by molar-refractivity contribution is 0.0943. The Kier molecular flexibility index (Phi) is 3.03. The summed E-state index contributed by atoms with van der Waals surface area (Å²) in [7, 11) is 1.76. The molecule has 1 aromatic heterocycles. The van der Waals surface area contributed by atoms with E-state index < -0.39 is 0 Å². The number of amides is 1. The van der Waals surface area contributed by atoms with E-state index in [1.165, 1.54) is 6.20 Å². The van der Waals surface area contributed by atoms with Gasteiger partial charge < -0.3 is 5.73 Å². The quantitative estimate of drug-likeness (QED) is 0.420. The fraction of sp³-hybridized carbons (Fsp3) is 0.286. The Morgan fingerprint density at radius 3 is 2.71 bits per heavy atom. The second-order valence-corrected chi connectivity index (χ2v) is 3.15. The Labute approximate surface area is 86.4 Å². The molecule has 0 fully saturated rings. The van der Waals surface area contributed by atoms with Crippen molar-refractivity contribution in [3.05, 3.63) is 17.5 Å². The SMILES string of the molecule is Cc1c(C(=O)NNC(N)=S)cnn1C. The number of carbonyl (C=O) groups is 1. The Balaban J connectivity index is 2.70. The first-order chi connectivity index (χ1) is 6.52. The minimum Gasteiger partial charge on any atom is -0.375 e. The molecule has 0 atom stereocenters. The van der Waals surface area contributed by atoms with E-state index in [0.717, 1.165) is 5.69 Å². The number of nitrogens with two attached hydrogens (primary N) is 1. The third-order valence-corrected chi connectivity index (χ3v) is 1.88. The van der Waals surface area contributed by atoms with Gasteiger partial charge in [0.1, 0.15) is 0 Å². The van der Waals surface area contributed by atoms with Crippen molar-refractivity contribution in [1.82, 2.24) is 20.6 Å². The molecule has 76 valence electrons. The maximum Gasteiger partial charge on any atom is 0.273 e. The first kappa shape index (κ1) is 10.5. The van der Waals surface area contributed by atoms with Gasteiger partial charge in [-0.05, 0) is 19.1 Å². The molecule has 0 aliphatic heterocycles. The lowest BCUT2D eigenvalue weighted by atomic mass is 10.2. The third kappa shape index (κ3) is 2.19. The van der Waals surface area contributed by atoms with Crippen LogP contribution in [0.15, 0.2) is 6.20 Å². The van der Waals surface area contributed by atoms with Gasteiger partial charge in [-0.15, -0.1) is 0 Å². The number of thiocarbonyl (C=S) groups is 1. The smallest absolute Gasteiger partial charge is 0.273 e. The van der Waals surface area contributed by atoms with Crippen LogP contribution in [0.5, 0.6) is 0 Å². The van der Waals surface area contributed by atoms with Gasteiger partial charge in [0.15, 0.2) is 5.11 Å². The highest BCUT2D eigenvalue weighted by molar-refractivity contribution is 7.80. The number of aromatic nitrogens is 2. The van der Waals surface area contributed by atoms with Crippen LogP contribution in [0.2, 0.25) is 0 Å². The molecule has 0 bridgehead atoms. The number of nitrogens with one attached hydrogen (secondary N) is 2. The Hall–Kier alpha value is -1.63. The van der Waals surface area contributed by atoms with Crippen LogP contribution in [0.1, 0.15) is 16.1 Å². The first-order valence-corrected chi connectivity index (χ1v) is 4.27. The van der Waals surface area contributed by atoms with Crippen LogP contribution in [-0.4, -0.2) is 20.8 Å². The molecule has 0 saturated heterocycles. The predicted molar refractivity (Wildman–Crippen MR) is 55.3 cm³/mol. The van der Waals surface area contributed by atoms with Crippen LogP contribution in [0, 0.1) is 6.92 Å². The lowest BCUT2D eigenvalue weighted by Gasteiger charge is -2.05. The van der Waals surface area contributed by atoms with Crippen molar-refractivity contribution in [2.24, 2.45) is 12.8 Å². The van der Waals surface area contributed by atoms with Crippen molar-refractivity contribution in [2.45, 2.75) is 6.92 Å². The van der Waals surface area contributed by atoms with E-state index in [9.17, 15) is 4.79 Å². The first-order valence-electron chi connectivity index (χ1n) is 3.86. The van der Waals surface area contributed by atoms with Crippen LogP contribution in [-0.2, 0) is 7.05 Å². The van der Waals surface area contributed by atoms with Gasteiger partial charge in [-0.1, -0.05) is 0 Å². The van der Waals surface area contributed by atoms with E-state index in [1.54, 1.807) is 18.7 Å². The molecule has 7 heteroatoms. The molecule has 1 amide bonds. The van der Waals surface area contributed by atoms with Crippen molar-refractivity contribution < 1.29 is 4.79 Å². The molecule has 4 N–H and O–H groups in total. The predicted octanol–water partition coefficient (Wildman–Crippen LogP) is -0.793. The van der Waals surface area contributed by atoms with Crippen molar-refractivity contribution in [2.75, 3.05) is 0 Å². The van der Waals surface area contributed by atoms with Gasteiger partial charge in [0.25, 0.3) is 5.91 Å². The van der Waals surface area contributed by atoms with Crippen LogP contribution < -0.4 is 16.6 Å². The normalized spacial score (nSPS) is 9.57. The molecule has 0 aliphatic rings. The highest BCUT2D eigenvalue weighted by Gasteiger charge is 2.11. The maximum atomic E-state index is 11.4. The second-order valence-electron chi connectivity index (χ2n) is 2.71. The molecule has 1 heterocycles. The Bertz CT molecular complexity index is 372. The summed E-state index contributed by atoms with van der Waals surface area (Å²) in [6.07, 6.45) is 1.48. The minimum absolute atomic E-state index is 0.0138. The zero-order valence-corrected chi connectivity index (χ0v) is 8.68. The molecule has 0 radical (unpaired) electrons. The van der Waals surface area contributed by atoms with Crippen molar-refractivity contribution in [3.8, 4) is 0 Å². The van der Waals surface area contributed by atoms with Gasteiger partial charge >= 0.3 is 0 Å². The average molecular weight is 213 g/mol. The molecule has 0 unspecified atom stereocenters. The minimum atomic E-state index is -0.316. The van der Waals surface area contributed by atoms with E-state index in [0.29, 0.717) is 5.56 Å². The summed E-state index contributed by atoms with van der Waals surface area (Å²) in [4.78, 5) is 11.4. The monoisotopic (exact) mass is 213 g/mol. The lowest BCUT2D eigenvalue weighted by Crippen LogP contribution is -2.44. The molecular formula is C7H11N5OS. The van der Waals surface area contributed by atoms with Crippen molar-refractivity contribution in [3.63, 3.8) is 0 Å².